The van der Waals surface area contributed by atoms with Gasteiger partial charge in [-0.3, -0.25) is 5.10 Å². The van der Waals surface area contributed by atoms with E-state index in [1.54, 1.807) is 12.1 Å². The molecule has 29 heavy (non-hydrogen) atoms. The molecule has 0 saturated heterocycles. The summed E-state index contributed by atoms with van der Waals surface area (Å²) in [6.45, 7) is -0.321. The van der Waals surface area contributed by atoms with E-state index in [0.29, 0.717) is 34.0 Å². The number of hydrogen-bond donors (Lipinski definition) is 4. The van der Waals surface area contributed by atoms with Crippen LogP contribution in [-0.2, 0) is 10.0 Å². The van der Waals surface area contributed by atoms with E-state index in [2.05, 4.69) is 30.2 Å². The van der Waals surface area contributed by atoms with Crippen molar-refractivity contribution in [3.8, 4) is 11.4 Å². The van der Waals surface area contributed by atoms with E-state index in [-0.39, 0.29) is 23.8 Å². The smallest absolute Gasteiger partial charge is 0.240 e. The molecule has 0 spiro atoms. The number of nitrogens with zero attached hydrogens (tertiary/aromatic N) is 3. The Kier molecular flexibility index (Phi) is 5.50. The van der Waals surface area contributed by atoms with Gasteiger partial charge in [0, 0.05) is 35.5 Å². The summed E-state index contributed by atoms with van der Waals surface area (Å²) in [5, 5.41) is 19.5. The zero-order valence-electron chi connectivity index (χ0n) is 15.3. The molecule has 1 aliphatic rings. The van der Waals surface area contributed by atoms with Crippen LogP contribution in [0, 0.1) is 0 Å². The molecule has 0 radical (unpaired) electrons. The van der Waals surface area contributed by atoms with Crippen LogP contribution >= 0.6 is 11.6 Å². The molecular formula is C18H27ClN6O3S. The van der Waals surface area contributed by atoms with E-state index in [1.165, 1.54) is 31.2 Å². The topological polar surface area (TPSA) is 133 Å². The largest absolute Gasteiger partial charge is 0.395 e. The number of aromatic nitrogens is 4. The summed E-state index contributed by atoms with van der Waals surface area (Å²) in [5.74, 6) is 1.97. The van der Waals surface area contributed by atoms with Gasteiger partial charge in [0.25, 0.3) is 0 Å². The van der Waals surface area contributed by atoms with Crippen molar-refractivity contribution < 1.29 is 19.2 Å². The first-order valence-electron chi connectivity index (χ1n) is 9.02. The van der Waals surface area contributed by atoms with Gasteiger partial charge in [0.15, 0.2) is 17.5 Å². The quantitative estimate of drug-likeness (QED) is 0.420. The minimum atomic E-state index is -3.67. The van der Waals surface area contributed by atoms with Gasteiger partial charge < -0.3 is 10.4 Å². The average Bonchev–Trinajstić information content (AvgIpc) is 3.47. The van der Waals surface area contributed by atoms with Crippen LogP contribution in [-0.4, -0.2) is 46.8 Å². The highest BCUT2D eigenvalue weighted by atomic mass is 35.5. The minimum absolute atomic E-state index is 0. The fraction of sp³-hybridized carbons (Fsp3) is 0.278. The second kappa shape index (κ2) is 8.07. The number of benzene rings is 1. The van der Waals surface area contributed by atoms with Crippen molar-refractivity contribution in [3.05, 3.63) is 47.2 Å². The summed E-state index contributed by atoms with van der Waals surface area (Å²) in [6.07, 6.45) is 3.82. The van der Waals surface area contributed by atoms with Crippen molar-refractivity contribution in [2.24, 2.45) is 0 Å². The number of aliphatic hydroxyl groups is 1. The molecule has 2 aromatic heterocycles. The summed E-state index contributed by atoms with van der Waals surface area (Å²) in [5.41, 5.74) is 1.72. The Balaban J connectivity index is 0.00000256. The van der Waals surface area contributed by atoms with E-state index in [1.807, 2.05) is 6.07 Å². The Hall–Kier alpha value is -2.53. The van der Waals surface area contributed by atoms with Crippen molar-refractivity contribution in [2.75, 3.05) is 18.5 Å². The molecule has 1 aliphatic carbocycles. The Morgan fingerprint density at radius 2 is 2.03 bits per heavy atom. The molecule has 1 aromatic carbocycles. The van der Waals surface area contributed by atoms with E-state index in [0.717, 1.165) is 5.69 Å². The molecule has 0 aliphatic heterocycles. The number of sulfonamides is 1. The van der Waals surface area contributed by atoms with Crippen LogP contribution in [0.4, 0.5) is 11.6 Å². The Morgan fingerprint density at radius 3 is 2.72 bits per heavy atom. The molecule has 4 rings (SSSR count). The molecule has 160 valence electrons. The number of aliphatic hydroxyl groups excluding tert-OH is 1. The highest BCUT2D eigenvalue weighted by Crippen LogP contribution is 2.39. The Morgan fingerprint density at radius 1 is 1.28 bits per heavy atom. The highest BCUT2D eigenvalue weighted by Gasteiger charge is 2.25. The lowest BCUT2D eigenvalue weighted by atomic mass is 10.2. The fourth-order valence-corrected chi connectivity index (χ4v) is 3.93. The average molecular weight is 443 g/mol. The molecule has 0 amide bonds. The zero-order chi connectivity index (χ0) is 20.4. The molecule has 9 nitrogen and oxygen atoms in total. The summed E-state index contributed by atoms with van der Waals surface area (Å²) in [7, 11) is -3.67. The second-order valence-electron chi connectivity index (χ2n) is 6.64. The molecule has 1 fully saturated rings. The van der Waals surface area contributed by atoms with Crippen molar-refractivity contribution in [1.82, 2.24) is 24.9 Å². The fourth-order valence-electron chi connectivity index (χ4n) is 2.77. The molecule has 0 unspecified atom stereocenters. The summed E-state index contributed by atoms with van der Waals surface area (Å²) in [4.78, 5) is 8.76. The maximum Gasteiger partial charge on any atom is 0.240 e. The maximum atomic E-state index is 12.1. The molecule has 1 saturated carbocycles. The molecule has 0 bridgehead atoms. The number of anilines is 2. The number of rotatable bonds is 8. The third-order valence-electron chi connectivity index (χ3n) is 4.43. The van der Waals surface area contributed by atoms with E-state index in [9.17, 15) is 8.42 Å². The van der Waals surface area contributed by atoms with Crippen molar-refractivity contribution >= 4 is 33.3 Å². The monoisotopic (exact) mass is 442 g/mol. The SMILES string of the molecule is O=S(=O)(NCCO)c1ccc(-c2ncc(Cl)c(Nc3cc(C4CC4)[nH]n3)n2)cc1.[HH].[HH].[HH].[HH]. The van der Waals surface area contributed by atoms with Crippen molar-refractivity contribution in [2.45, 2.75) is 23.7 Å². The molecular weight excluding hydrogens is 416 g/mol. The van der Waals surface area contributed by atoms with Gasteiger partial charge in [-0.15, -0.1) is 0 Å². The molecule has 3 aromatic rings. The third-order valence-corrected chi connectivity index (χ3v) is 6.19. The predicted octanol–water partition coefficient (Wildman–Crippen LogP) is 3.40. The maximum absolute atomic E-state index is 12.1. The number of H-pyrrole nitrogens is 1. The van der Waals surface area contributed by atoms with E-state index < -0.39 is 10.0 Å². The van der Waals surface area contributed by atoms with Crippen LogP contribution in [0.5, 0.6) is 0 Å². The molecule has 0 atom stereocenters. The lowest BCUT2D eigenvalue weighted by Gasteiger charge is -2.08. The van der Waals surface area contributed by atoms with Crippen LogP contribution in [0.3, 0.4) is 0 Å². The van der Waals surface area contributed by atoms with Gasteiger partial charge in [-0.25, -0.2) is 23.1 Å². The van der Waals surface area contributed by atoms with Gasteiger partial charge in [-0.1, -0.05) is 11.6 Å². The number of aromatic amines is 1. The van der Waals surface area contributed by atoms with Crippen molar-refractivity contribution in [1.29, 1.82) is 0 Å². The molecule has 4 N–H and O–H groups in total. The van der Waals surface area contributed by atoms with Gasteiger partial charge in [0.1, 0.15) is 5.02 Å². The van der Waals surface area contributed by atoms with Gasteiger partial charge in [0.05, 0.1) is 17.7 Å². The molecule has 11 heteroatoms. The van der Waals surface area contributed by atoms with Crippen molar-refractivity contribution in [3.63, 3.8) is 0 Å². The third kappa shape index (κ3) is 4.56. The standard InChI is InChI=1S/C18H19ClN6O3S.4H2/c19-14-10-20-17(12-3-5-13(6-4-12)29(27,28)21-7-8-26)23-18(14)22-16-9-15(24-25-16)11-1-2-11;;;;/h3-6,9-11,21,26H,1-2,7-8H2,(H2,20,22,23,24,25);4*1H. The zero-order valence-corrected chi connectivity index (χ0v) is 16.8. The Labute approximate surface area is 178 Å². The van der Waals surface area contributed by atoms with Crippen LogP contribution in [0.15, 0.2) is 41.4 Å². The predicted molar refractivity (Wildman–Crippen MR) is 117 cm³/mol. The number of halogens is 1. The summed E-state index contributed by atoms with van der Waals surface area (Å²) in [6, 6.07) is 8.07. The highest BCUT2D eigenvalue weighted by molar-refractivity contribution is 7.89. The normalized spacial score (nSPS) is 14.1. The minimum Gasteiger partial charge on any atom is -0.395 e. The number of hydrogen-bond acceptors (Lipinski definition) is 7. The summed E-state index contributed by atoms with van der Waals surface area (Å²) < 4.78 is 26.5. The summed E-state index contributed by atoms with van der Waals surface area (Å²) >= 11 is 6.22. The lowest BCUT2D eigenvalue weighted by molar-refractivity contribution is 0.301. The van der Waals surface area contributed by atoms with Crippen LogP contribution in [0.25, 0.3) is 11.4 Å². The lowest BCUT2D eigenvalue weighted by Crippen LogP contribution is -2.26. The van der Waals surface area contributed by atoms with Gasteiger partial charge >= 0.3 is 0 Å². The second-order valence-corrected chi connectivity index (χ2v) is 8.82. The first kappa shape index (κ1) is 19.8. The van der Waals surface area contributed by atoms with Gasteiger partial charge in [-0.05, 0) is 37.1 Å². The van der Waals surface area contributed by atoms with Gasteiger partial charge in [-0.2, -0.15) is 5.10 Å². The molecule has 2 heterocycles. The van der Waals surface area contributed by atoms with Gasteiger partial charge in [0.2, 0.25) is 10.0 Å². The first-order valence-corrected chi connectivity index (χ1v) is 10.9. The first-order chi connectivity index (χ1) is 14.0. The van der Waals surface area contributed by atoms with Crippen LogP contribution < -0.4 is 10.0 Å². The van der Waals surface area contributed by atoms with E-state index in [4.69, 9.17) is 16.7 Å². The van der Waals surface area contributed by atoms with Crippen LogP contribution in [0.2, 0.25) is 5.02 Å². The van der Waals surface area contributed by atoms with E-state index >= 15 is 0 Å². The van der Waals surface area contributed by atoms with Crippen LogP contribution in [0.1, 0.15) is 30.2 Å². The Bertz CT molecular complexity index is 1130. The number of nitrogens with one attached hydrogen (secondary N) is 3.